The minimum atomic E-state index is -5.08. The van der Waals surface area contributed by atoms with Crippen LogP contribution in [-0.4, -0.2) is 44.2 Å². The summed E-state index contributed by atoms with van der Waals surface area (Å²) in [6, 6.07) is 4.41. The molecule has 2 aliphatic rings. The Morgan fingerprint density at radius 2 is 2.00 bits per heavy atom. The number of carbonyl (C=O) groups is 2. The Kier molecular flexibility index (Phi) is 7.37. The van der Waals surface area contributed by atoms with Crippen molar-refractivity contribution in [3.8, 4) is 0 Å². The van der Waals surface area contributed by atoms with Gasteiger partial charge >= 0.3 is 12.1 Å². The molecule has 3 heterocycles. The minimum absolute atomic E-state index is 0.165. The first kappa shape index (κ1) is 23.3. The number of aromatic nitrogens is 2. The van der Waals surface area contributed by atoms with Crippen LogP contribution in [0.5, 0.6) is 0 Å². The first-order chi connectivity index (χ1) is 14.6. The van der Waals surface area contributed by atoms with Crippen molar-refractivity contribution in [2.24, 2.45) is 5.92 Å². The van der Waals surface area contributed by atoms with Crippen molar-refractivity contribution in [3.63, 3.8) is 0 Å². The highest BCUT2D eigenvalue weighted by atomic mass is 32.1. The number of halogens is 3. The van der Waals surface area contributed by atoms with E-state index in [1.54, 1.807) is 0 Å². The number of hydrogen-bond donors (Lipinski definition) is 2. The van der Waals surface area contributed by atoms with Crippen LogP contribution in [0.15, 0.2) is 18.3 Å². The fourth-order valence-corrected chi connectivity index (χ4v) is 4.15. The van der Waals surface area contributed by atoms with E-state index < -0.39 is 12.1 Å². The van der Waals surface area contributed by atoms with Crippen molar-refractivity contribution in [3.05, 3.63) is 39.6 Å². The minimum Gasteiger partial charge on any atom is -0.475 e. The number of imidazole rings is 1. The maximum atomic E-state index is 11.8. The van der Waals surface area contributed by atoms with Crippen molar-refractivity contribution in [1.82, 2.24) is 19.8 Å². The molecule has 1 fully saturated rings. The van der Waals surface area contributed by atoms with Crippen LogP contribution in [-0.2, 0) is 35.8 Å². The van der Waals surface area contributed by atoms with Gasteiger partial charge in [-0.1, -0.05) is 0 Å². The molecule has 0 saturated heterocycles. The lowest BCUT2D eigenvalue weighted by Crippen LogP contribution is -2.32. The molecule has 0 atom stereocenters. The molecule has 0 unspecified atom stereocenters. The van der Waals surface area contributed by atoms with E-state index in [2.05, 4.69) is 40.0 Å². The first-order valence-corrected chi connectivity index (χ1v) is 10.8. The van der Waals surface area contributed by atoms with E-state index in [9.17, 15) is 18.0 Å². The van der Waals surface area contributed by atoms with Gasteiger partial charge in [-0.2, -0.15) is 13.2 Å². The summed E-state index contributed by atoms with van der Waals surface area (Å²) in [4.78, 5) is 30.7. The molecular weight excluding hydrogens is 433 g/mol. The number of nitrogens with zero attached hydrogens (tertiary/aromatic N) is 3. The van der Waals surface area contributed by atoms with Crippen LogP contribution in [0, 0.1) is 12.8 Å². The van der Waals surface area contributed by atoms with Gasteiger partial charge in [0, 0.05) is 42.0 Å². The molecule has 170 valence electrons. The van der Waals surface area contributed by atoms with E-state index in [1.165, 1.54) is 22.6 Å². The highest BCUT2D eigenvalue weighted by Gasteiger charge is 2.38. The lowest BCUT2D eigenvalue weighted by molar-refractivity contribution is -0.192. The zero-order valence-corrected chi connectivity index (χ0v) is 17.9. The molecule has 4 rings (SSSR count). The average Bonchev–Trinajstić information content (AvgIpc) is 3.25. The third-order valence-electron chi connectivity index (χ3n) is 4.99. The molecular formula is C20H25F3N4O3S. The van der Waals surface area contributed by atoms with E-state index in [0.717, 1.165) is 37.7 Å². The molecule has 11 heteroatoms. The first-order valence-electron chi connectivity index (χ1n) is 9.99. The van der Waals surface area contributed by atoms with Gasteiger partial charge in [-0.15, -0.1) is 11.3 Å². The average molecular weight is 459 g/mol. The molecule has 1 saturated carbocycles. The number of aliphatic carboxylic acids is 1. The lowest BCUT2D eigenvalue weighted by atomic mass is 10.3. The summed E-state index contributed by atoms with van der Waals surface area (Å²) in [6.07, 6.45) is 0.124. The third-order valence-corrected chi connectivity index (χ3v) is 5.97. The number of carbonyl (C=O) groups excluding carboxylic acids is 1. The maximum Gasteiger partial charge on any atom is 0.490 e. The number of carboxylic acids is 1. The van der Waals surface area contributed by atoms with Crippen LogP contribution in [0.4, 0.5) is 13.2 Å². The Morgan fingerprint density at radius 1 is 1.29 bits per heavy atom. The molecule has 0 bridgehead atoms. The number of fused-ring (bicyclic) bond motifs is 1. The Labute approximate surface area is 181 Å². The SMILES string of the molecule is Cc1ccc(CN2CCn3cc(CNC(=O)CC4CC4)nc3C2)s1.O=C(O)C(F)(F)F. The zero-order valence-electron chi connectivity index (χ0n) is 17.1. The molecule has 31 heavy (non-hydrogen) atoms. The second kappa shape index (κ2) is 9.82. The smallest absolute Gasteiger partial charge is 0.475 e. The van der Waals surface area contributed by atoms with Crippen LogP contribution in [0.25, 0.3) is 0 Å². The number of nitrogens with one attached hydrogen (secondary N) is 1. The van der Waals surface area contributed by atoms with E-state index >= 15 is 0 Å². The molecule has 0 radical (unpaired) electrons. The number of thiophene rings is 1. The lowest BCUT2D eigenvalue weighted by Gasteiger charge is -2.26. The molecule has 1 aliphatic carbocycles. The normalized spacial score (nSPS) is 16.3. The number of alkyl halides is 3. The molecule has 2 aromatic heterocycles. The van der Waals surface area contributed by atoms with E-state index in [0.29, 0.717) is 18.9 Å². The standard InChI is InChI=1S/C18H24N4OS.C2HF3O2/c1-13-2-5-16(24-13)11-21-6-7-22-10-15(20-17(22)12-21)9-19-18(23)8-14-3-4-14;3-2(4,5)1(6)7/h2,5,10,14H,3-4,6-9,11-12H2,1H3,(H,19,23);(H,6,7). The summed E-state index contributed by atoms with van der Waals surface area (Å²) in [5.74, 6) is -0.846. The Hall–Kier alpha value is -2.40. The summed E-state index contributed by atoms with van der Waals surface area (Å²) in [5, 5.41) is 10.1. The number of hydrogen-bond acceptors (Lipinski definition) is 5. The number of amides is 1. The Bertz CT molecular complexity index is 921. The van der Waals surface area contributed by atoms with Gasteiger partial charge in [-0.3, -0.25) is 9.69 Å². The third kappa shape index (κ3) is 7.35. The highest BCUT2D eigenvalue weighted by molar-refractivity contribution is 7.11. The molecule has 7 nitrogen and oxygen atoms in total. The molecule has 1 aliphatic heterocycles. The van der Waals surface area contributed by atoms with Crippen molar-refractivity contribution in [2.45, 2.75) is 58.5 Å². The number of aryl methyl sites for hydroxylation is 1. The van der Waals surface area contributed by atoms with Crippen LogP contribution >= 0.6 is 11.3 Å². The van der Waals surface area contributed by atoms with Gasteiger partial charge in [0.15, 0.2) is 0 Å². The largest absolute Gasteiger partial charge is 0.490 e. The van der Waals surface area contributed by atoms with Gasteiger partial charge in [-0.05, 0) is 37.8 Å². The second-order valence-corrected chi connectivity index (χ2v) is 9.16. The van der Waals surface area contributed by atoms with Crippen molar-refractivity contribution in [1.29, 1.82) is 0 Å². The van der Waals surface area contributed by atoms with Gasteiger partial charge in [0.05, 0.1) is 18.8 Å². The van der Waals surface area contributed by atoms with Crippen molar-refractivity contribution >= 4 is 23.2 Å². The quantitative estimate of drug-likeness (QED) is 0.694. The summed E-state index contributed by atoms with van der Waals surface area (Å²) >= 11 is 1.87. The van der Waals surface area contributed by atoms with Crippen LogP contribution in [0.3, 0.4) is 0 Å². The van der Waals surface area contributed by atoms with Gasteiger partial charge in [0.2, 0.25) is 5.91 Å². The van der Waals surface area contributed by atoms with E-state index in [4.69, 9.17) is 14.9 Å². The van der Waals surface area contributed by atoms with Crippen LogP contribution < -0.4 is 5.32 Å². The highest BCUT2D eigenvalue weighted by Crippen LogP contribution is 2.32. The summed E-state index contributed by atoms with van der Waals surface area (Å²) in [5.41, 5.74) is 0.975. The summed E-state index contributed by atoms with van der Waals surface area (Å²) in [6.45, 7) is 6.61. The Balaban J connectivity index is 0.000000339. The number of rotatable bonds is 6. The molecule has 1 amide bonds. The second-order valence-electron chi connectivity index (χ2n) is 7.79. The molecule has 0 aromatic carbocycles. The fourth-order valence-electron chi connectivity index (χ4n) is 3.22. The predicted octanol–water partition coefficient (Wildman–Crippen LogP) is 3.32. The zero-order chi connectivity index (χ0) is 22.6. The fraction of sp³-hybridized carbons (Fsp3) is 0.550. The molecule has 2 N–H and O–H groups in total. The summed E-state index contributed by atoms with van der Waals surface area (Å²) < 4.78 is 34.0. The van der Waals surface area contributed by atoms with E-state index in [-0.39, 0.29) is 5.91 Å². The van der Waals surface area contributed by atoms with Gasteiger partial charge in [0.1, 0.15) is 5.82 Å². The van der Waals surface area contributed by atoms with Gasteiger partial charge in [0.25, 0.3) is 0 Å². The van der Waals surface area contributed by atoms with Crippen LogP contribution in [0.1, 0.15) is 40.5 Å². The molecule has 0 spiro atoms. The number of carboxylic acid groups (broad SMARTS) is 1. The van der Waals surface area contributed by atoms with Gasteiger partial charge in [-0.25, -0.2) is 9.78 Å². The van der Waals surface area contributed by atoms with Crippen molar-refractivity contribution in [2.75, 3.05) is 6.54 Å². The predicted molar refractivity (Wildman–Crippen MR) is 108 cm³/mol. The topological polar surface area (TPSA) is 87.5 Å². The van der Waals surface area contributed by atoms with Crippen LogP contribution in [0.2, 0.25) is 0 Å². The molecule has 2 aromatic rings. The van der Waals surface area contributed by atoms with Gasteiger partial charge < -0.3 is 15.0 Å². The Morgan fingerprint density at radius 3 is 2.58 bits per heavy atom. The summed E-state index contributed by atoms with van der Waals surface area (Å²) in [7, 11) is 0. The maximum absolute atomic E-state index is 11.8. The van der Waals surface area contributed by atoms with E-state index in [1.807, 2.05) is 11.3 Å². The monoisotopic (exact) mass is 458 g/mol. The van der Waals surface area contributed by atoms with Crippen molar-refractivity contribution < 1.29 is 27.9 Å².